The summed E-state index contributed by atoms with van der Waals surface area (Å²) < 4.78 is 37.6. The van der Waals surface area contributed by atoms with Gasteiger partial charge in [0.1, 0.15) is 23.9 Å². The largest absolute Gasteiger partial charge is 0.505 e. The van der Waals surface area contributed by atoms with Gasteiger partial charge in [0, 0.05) is 25.7 Å². The van der Waals surface area contributed by atoms with Gasteiger partial charge in [0.15, 0.2) is 11.6 Å². The highest BCUT2D eigenvalue weighted by atomic mass is 16.8. The molecule has 3 aliphatic heterocycles. The molecule has 2 aliphatic carbocycles. The lowest BCUT2D eigenvalue weighted by Crippen LogP contribution is -2.51. The zero-order chi connectivity index (χ0) is 20.7. The fourth-order valence-electron chi connectivity index (χ4n) is 6.17. The van der Waals surface area contributed by atoms with Gasteiger partial charge in [-0.2, -0.15) is 0 Å². The van der Waals surface area contributed by atoms with Crippen LogP contribution < -0.4 is 0 Å². The van der Waals surface area contributed by atoms with Gasteiger partial charge in [-0.3, -0.25) is 0 Å². The Hall–Kier alpha value is -0.700. The van der Waals surface area contributed by atoms with Crippen LogP contribution in [-0.4, -0.2) is 67.0 Å². The van der Waals surface area contributed by atoms with Crippen LogP contribution in [0.4, 0.5) is 0 Å². The van der Waals surface area contributed by atoms with E-state index in [1.165, 1.54) is 12.8 Å². The van der Waals surface area contributed by atoms with Crippen molar-refractivity contribution in [1.29, 1.82) is 0 Å². The third-order valence-electron chi connectivity index (χ3n) is 7.67. The molecule has 2 saturated carbocycles. The van der Waals surface area contributed by atoms with Gasteiger partial charge in [-0.1, -0.05) is 12.8 Å². The number of hydrogen-bond donors (Lipinski definition) is 1. The van der Waals surface area contributed by atoms with Crippen molar-refractivity contribution in [2.24, 2.45) is 0 Å². The number of rotatable bonds is 5. The quantitative estimate of drug-likeness (QED) is 0.679. The predicted octanol–water partition coefficient (Wildman–Crippen LogP) is 3.19. The predicted molar refractivity (Wildman–Crippen MR) is 108 cm³/mol. The van der Waals surface area contributed by atoms with Crippen molar-refractivity contribution in [1.82, 2.24) is 0 Å². The summed E-state index contributed by atoms with van der Waals surface area (Å²) in [5.41, 5.74) is -0.883. The van der Waals surface area contributed by atoms with E-state index < -0.39 is 17.2 Å². The van der Waals surface area contributed by atoms with Crippen LogP contribution in [0.25, 0.3) is 0 Å². The first-order valence-corrected chi connectivity index (χ1v) is 11.8. The number of methoxy groups -OCH3 is 1. The van der Waals surface area contributed by atoms with E-state index in [4.69, 9.17) is 28.4 Å². The Morgan fingerprint density at radius 3 is 2.33 bits per heavy atom. The Kier molecular flexibility index (Phi) is 5.88. The molecule has 0 radical (unpaired) electrons. The van der Waals surface area contributed by atoms with Crippen LogP contribution in [0.5, 0.6) is 0 Å². The first kappa shape index (κ1) is 21.2. The molecule has 5 aliphatic rings. The maximum atomic E-state index is 10.6. The van der Waals surface area contributed by atoms with Crippen molar-refractivity contribution in [3.63, 3.8) is 0 Å². The zero-order valence-corrected chi connectivity index (χ0v) is 18.1. The molecular formula is C23H36O7. The van der Waals surface area contributed by atoms with E-state index in [-0.39, 0.29) is 31.0 Å². The molecule has 1 N–H and O–H groups in total. The van der Waals surface area contributed by atoms with E-state index in [0.29, 0.717) is 13.0 Å². The van der Waals surface area contributed by atoms with Crippen molar-refractivity contribution in [2.75, 3.05) is 20.3 Å². The minimum absolute atomic E-state index is 0.139. The van der Waals surface area contributed by atoms with Crippen LogP contribution in [0.2, 0.25) is 0 Å². The number of aliphatic hydroxyl groups is 1. The molecule has 0 aromatic rings. The molecule has 5 rings (SSSR count). The monoisotopic (exact) mass is 424 g/mol. The van der Waals surface area contributed by atoms with Crippen LogP contribution in [-0.2, 0) is 28.4 Å². The molecule has 3 heterocycles. The molecule has 30 heavy (non-hydrogen) atoms. The molecule has 5 atom stereocenters. The van der Waals surface area contributed by atoms with E-state index >= 15 is 0 Å². The Morgan fingerprint density at radius 1 is 0.967 bits per heavy atom. The molecule has 0 bridgehead atoms. The van der Waals surface area contributed by atoms with Crippen LogP contribution in [0.3, 0.4) is 0 Å². The molecule has 0 aromatic heterocycles. The standard InChI is InChI=1S/C23H36O7/c1-25-14-8-9-18-23(16-24)20(29-22(30-23)12-6-3-7-13-22)19(27-18)17-15-26-21(28-17)10-4-2-5-11-21/h8,14,17-20,24H,2-7,9-13,15-16H2,1H3/b14-8+/t17-,18?,19+,20-,23+/m1/s1. The Labute approximate surface area is 179 Å². The number of hydrogen-bond acceptors (Lipinski definition) is 7. The Morgan fingerprint density at radius 2 is 1.67 bits per heavy atom. The van der Waals surface area contributed by atoms with Gasteiger partial charge >= 0.3 is 0 Å². The SMILES string of the molecule is CO/C=C/CC1O[C@@H]([C@H]2COC3(CCCCC3)O2)[C@H]2OC3(CCCCC3)O[C@@]12CO. The van der Waals surface area contributed by atoms with Gasteiger partial charge in [0.05, 0.1) is 32.7 Å². The molecule has 7 heteroatoms. The second-order valence-electron chi connectivity index (χ2n) is 9.60. The maximum Gasteiger partial charge on any atom is 0.170 e. The van der Waals surface area contributed by atoms with Gasteiger partial charge in [-0.25, -0.2) is 0 Å². The maximum absolute atomic E-state index is 10.6. The third kappa shape index (κ3) is 3.51. The van der Waals surface area contributed by atoms with E-state index in [1.807, 2.05) is 6.08 Å². The lowest BCUT2D eigenvalue weighted by molar-refractivity contribution is -0.252. The van der Waals surface area contributed by atoms with Crippen molar-refractivity contribution in [3.8, 4) is 0 Å². The molecule has 7 nitrogen and oxygen atoms in total. The van der Waals surface area contributed by atoms with Crippen molar-refractivity contribution in [3.05, 3.63) is 12.3 Å². The summed E-state index contributed by atoms with van der Waals surface area (Å²) in [6, 6.07) is 0. The van der Waals surface area contributed by atoms with Gasteiger partial charge in [-0.05, 0) is 38.2 Å². The molecular weight excluding hydrogens is 388 g/mol. The molecule has 3 saturated heterocycles. The van der Waals surface area contributed by atoms with E-state index in [1.54, 1.807) is 13.4 Å². The third-order valence-corrected chi connectivity index (χ3v) is 7.67. The summed E-state index contributed by atoms with van der Waals surface area (Å²) in [5, 5.41) is 10.6. The highest BCUT2D eigenvalue weighted by Gasteiger charge is 2.69. The summed E-state index contributed by atoms with van der Waals surface area (Å²) in [5.74, 6) is -1.08. The smallest absolute Gasteiger partial charge is 0.170 e. The lowest BCUT2D eigenvalue weighted by atomic mass is 9.88. The second-order valence-corrected chi connectivity index (χ2v) is 9.60. The highest BCUT2D eigenvalue weighted by Crippen LogP contribution is 2.54. The average molecular weight is 425 g/mol. The Bertz CT molecular complexity index is 625. The van der Waals surface area contributed by atoms with Crippen LogP contribution in [0.15, 0.2) is 12.3 Å². The molecule has 0 aromatic carbocycles. The second kappa shape index (κ2) is 8.34. The van der Waals surface area contributed by atoms with Crippen molar-refractivity contribution < 1.29 is 33.5 Å². The molecule has 2 spiro atoms. The van der Waals surface area contributed by atoms with Gasteiger partial charge in [0.2, 0.25) is 0 Å². The molecule has 0 amide bonds. The van der Waals surface area contributed by atoms with Crippen molar-refractivity contribution >= 4 is 0 Å². The summed E-state index contributed by atoms with van der Waals surface area (Å²) in [6.45, 7) is 0.361. The number of fused-ring (bicyclic) bond motifs is 1. The Balaban J connectivity index is 1.40. The fourth-order valence-corrected chi connectivity index (χ4v) is 6.17. The number of aliphatic hydroxyl groups excluding tert-OH is 1. The molecule has 170 valence electrons. The van der Waals surface area contributed by atoms with Crippen LogP contribution in [0.1, 0.15) is 70.6 Å². The first-order valence-electron chi connectivity index (χ1n) is 11.8. The summed E-state index contributed by atoms with van der Waals surface area (Å²) in [7, 11) is 1.62. The average Bonchev–Trinajstić information content (AvgIpc) is 3.40. The van der Waals surface area contributed by atoms with E-state index in [0.717, 1.165) is 51.4 Å². The normalized spacial score (nSPS) is 42.3. The summed E-state index contributed by atoms with van der Waals surface area (Å²) in [4.78, 5) is 0. The van der Waals surface area contributed by atoms with Crippen LogP contribution >= 0.6 is 0 Å². The minimum atomic E-state index is -0.883. The lowest BCUT2D eigenvalue weighted by Gasteiger charge is -2.36. The summed E-state index contributed by atoms with van der Waals surface area (Å²) >= 11 is 0. The van der Waals surface area contributed by atoms with E-state index in [9.17, 15) is 5.11 Å². The topological polar surface area (TPSA) is 75.6 Å². The highest BCUT2D eigenvalue weighted by molar-refractivity contribution is 5.14. The zero-order valence-electron chi connectivity index (χ0n) is 18.1. The van der Waals surface area contributed by atoms with Gasteiger partial charge in [0.25, 0.3) is 0 Å². The first-order chi connectivity index (χ1) is 14.6. The van der Waals surface area contributed by atoms with Crippen molar-refractivity contribution in [2.45, 2.75) is 112 Å². The fraction of sp³-hybridized carbons (Fsp3) is 0.913. The van der Waals surface area contributed by atoms with Gasteiger partial charge in [-0.15, -0.1) is 0 Å². The number of ether oxygens (including phenoxy) is 6. The van der Waals surface area contributed by atoms with E-state index in [2.05, 4.69) is 0 Å². The molecule has 5 fully saturated rings. The summed E-state index contributed by atoms with van der Waals surface area (Å²) in [6.07, 6.45) is 13.4. The van der Waals surface area contributed by atoms with Gasteiger partial charge < -0.3 is 33.5 Å². The molecule has 1 unspecified atom stereocenters. The van der Waals surface area contributed by atoms with Crippen LogP contribution in [0, 0.1) is 0 Å². The minimum Gasteiger partial charge on any atom is -0.505 e.